The van der Waals surface area contributed by atoms with Crippen LogP contribution in [-0.2, 0) is 0 Å². The summed E-state index contributed by atoms with van der Waals surface area (Å²) in [6, 6.07) is 0. The lowest BCUT2D eigenvalue weighted by Crippen LogP contribution is -2.23. The fourth-order valence-electron chi connectivity index (χ4n) is 1.56. The van der Waals surface area contributed by atoms with E-state index in [1.54, 1.807) is 0 Å². The van der Waals surface area contributed by atoms with Gasteiger partial charge >= 0.3 is 0 Å². The van der Waals surface area contributed by atoms with Gasteiger partial charge in [0.2, 0.25) is 0 Å². The van der Waals surface area contributed by atoms with Gasteiger partial charge in [0.1, 0.15) is 0 Å². The molecule has 0 aromatic heterocycles. The van der Waals surface area contributed by atoms with Gasteiger partial charge in [-0.2, -0.15) is 0 Å². The van der Waals surface area contributed by atoms with Gasteiger partial charge in [-0.05, 0) is 46.4 Å². The van der Waals surface area contributed by atoms with E-state index < -0.39 is 0 Å². The maximum absolute atomic E-state index is 3.48. The summed E-state index contributed by atoms with van der Waals surface area (Å²) in [6.45, 7) is 3.36. The highest BCUT2D eigenvalue weighted by Gasteiger charge is 1.97. The summed E-state index contributed by atoms with van der Waals surface area (Å²) in [4.78, 5) is 2.23. The molecule has 0 atom stereocenters. The van der Waals surface area contributed by atoms with Crippen molar-refractivity contribution < 1.29 is 0 Å². The van der Waals surface area contributed by atoms with Gasteiger partial charge in [0.05, 0.1) is 0 Å². The van der Waals surface area contributed by atoms with Gasteiger partial charge in [-0.1, -0.05) is 23.8 Å². The molecule has 0 bridgehead atoms. The molecule has 14 heavy (non-hydrogen) atoms. The van der Waals surface area contributed by atoms with E-state index in [0.717, 1.165) is 25.9 Å². The van der Waals surface area contributed by atoms with E-state index in [4.69, 9.17) is 0 Å². The fraction of sp³-hybridized carbons (Fsp3) is 0.667. The summed E-state index contributed by atoms with van der Waals surface area (Å²) in [5, 5.41) is 3.48. The number of rotatable bonds is 6. The highest BCUT2D eigenvalue weighted by atomic mass is 15.0. The number of nitrogens with zero attached hydrogens (tertiary/aromatic N) is 1. The number of hydrogen-bond donors (Lipinski definition) is 1. The van der Waals surface area contributed by atoms with Crippen LogP contribution in [0.1, 0.15) is 19.3 Å². The minimum absolute atomic E-state index is 1.07. The molecular weight excluding hydrogens is 172 g/mol. The van der Waals surface area contributed by atoms with Crippen molar-refractivity contribution in [2.45, 2.75) is 19.3 Å². The second kappa shape index (κ2) is 6.80. The molecule has 0 aromatic carbocycles. The molecule has 1 aliphatic carbocycles. The van der Waals surface area contributed by atoms with Crippen molar-refractivity contribution >= 4 is 0 Å². The molecule has 1 rings (SSSR count). The van der Waals surface area contributed by atoms with E-state index in [0.29, 0.717) is 0 Å². The normalized spacial score (nSPS) is 16.1. The van der Waals surface area contributed by atoms with Gasteiger partial charge in [-0.3, -0.25) is 0 Å². The summed E-state index contributed by atoms with van der Waals surface area (Å²) in [5.41, 5.74) is 1.54. The van der Waals surface area contributed by atoms with Crippen molar-refractivity contribution in [1.29, 1.82) is 0 Å². The average molecular weight is 194 g/mol. The summed E-state index contributed by atoms with van der Waals surface area (Å²) in [5.74, 6) is 0. The Balaban J connectivity index is 1.96. The van der Waals surface area contributed by atoms with E-state index in [1.165, 1.54) is 18.5 Å². The zero-order valence-electron chi connectivity index (χ0n) is 9.42. The smallest absolute Gasteiger partial charge is 0.0167 e. The Morgan fingerprint density at radius 1 is 1.36 bits per heavy atom. The van der Waals surface area contributed by atoms with Crippen molar-refractivity contribution in [3.63, 3.8) is 0 Å². The molecule has 0 heterocycles. The monoisotopic (exact) mass is 194 g/mol. The minimum atomic E-state index is 1.07. The Morgan fingerprint density at radius 3 is 2.86 bits per heavy atom. The molecule has 1 N–H and O–H groups in total. The SMILES string of the molecule is CN(C)CCCNCC1=CCC=CC1. The van der Waals surface area contributed by atoms with Crippen LogP contribution < -0.4 is 5.32 Å². The molecule has 0 radical (unpaired) electrons. The van der Waals surface area contributed by atoms with Gasteiger partial charge in [-0.15, -0.1) is 0 Å². The van der Waals surface area contributed by atoms with E-state index in [1.807, 2.05) is 0 Å². The van der Waals surface area contributed by atoms with Crippen molar-refractivity contribution in [1.82, 2.24) is 10.2 Å². The predicted octanol–water partition coefficient (Wildman–Crippen LogP) is 1.80. The highest BCUT2D eigenvalue weighted by molar-refractivity contribution is 5.15. The second-order valence-electron chi connectivity index (χ2n) is 4.11. The van der Waals surface area contributed by atoms with Crippen LogP contribution in [-0.4, -0.2) is 38.6 Å². The lowest BCUT2D eigenvalue weighted by atomic mass is 10.1. The predicted molar refractivity (Wildman–Crippen MR) is 62.5 cm³/mol. The third-order valence-electron chi connectivity index (χ3n) is 2.40. The quantitative estimate of drug-likeness (QED) is 0.512. The number of nitrogens with one attached hydrogen (secondary N) is 1. The lowest BCUT2D eigenvalue weighted by molar-refractivity contribution is 0.396. The van der Waals surface area contributed by atoms with Crippen LogP contribution in [0.4, 0.5) is 0 Å². The molecule has 0 spiro atoms. The molecule has 1 aliphatic rings. The Labute approximate surface area is 87.7 Å². The average Bonchev–Trinajstić information content (AvgIpc) is 2.18. The van der Waals surface area contributed by atoms with Crippen LogP contribution in [0.25, 0.3) is 0 Å². The summed E-state index contributed by atoms with van der Waals surface area (Å²) >= 11 is 0. The summed E-state index contributed by atoms with van der Waals surface area (Å²) in [6.07, 6.45) is 10.3. The third-order valence-corrected chi connectivity index (χ3v) is 2.40. The molecular formula is C12H22N2. The Morgan fingerprint density at radius 2 is 2.21 bits per heavy atom. The first-order chi connectivity index (χ1) is 6.79. The first kappa shape index (κ1) is 11.5. The molecule has 0 amide bonds. The Hall–Kier alpha value is -0.600. The van der Waals surface area contributed by atoms with Crippen LogP contribution in [0.5, 0.6) is 0 Å². The number of hydrogen-bond acceptors (Lipinski definition) is 2. The molecule has 0 saturated heterocycles. The largest absolute Gasteiger partial charge is 0.313 e. The highest BCUT2D eigenvalue weighted by Crippen LogP contribution is 2.09. The van der Waals surface area contributed by atoms with E-state index in [-0.39, 0.29) is 0 Å². The second-order valence-corrected chi connectivity index (χ2v) is 4.11. The first-order valence-electron chi connectivity index (χ1n) is 5.47. The van der Waals surface area contributed by atoms with Crippen LogP contribution in [0.15, 0.2) is 23.8 Å². The van der Waals surface area contributed by atoms with Crippen LogP contribution in [0.2, 0.25) is 0 Å². The van der Waals surface area contributed by atoms with Gasteiger partial charge in [0.15, 0.2) is 0 Å². The maximum atomic E-state index is 3.48. The van der Waals surface area contributed by atoms with Crippen molar-refractivity contribution in [2.75, 3.05) is 33.7 Å². The van der Waals surface area contributed by atoms with Gasteiger partial charge < -0.3 is 10.2 Å². The van der Waals surface area contributed by atoms with Gasteiger partial charge in [0.25, 0.3) is 0 Å². The zero-order valence-corrected chi connectivity index (χ0v) is 9.42. The lowest BCUT2D eigenvalue weighted by Gasteiger charge is -2.12. The standard InChI is InChI=1S/C12H22N2/c1-14(2)10-6-9-13-11-12-7-4-3-5-8-12/h3-4,8,13H,5-7,9-11H2,1-2H3. The molecule has 0 saturated carbocycles. The number of allylic oxidation sites excluding steroid dienone is 3. The van der Waals surface area contributed by atoms with E-state index in [9.17, 15) is 0 Å². The molecule has 0 fully saturated rings. The summed E-state index contributed by atoms with van der Waals surface area (Å²) < 4.78 is 0. The van der Waals surface area contributed by atoms with E-state index >= 15 is 0 Å². The maximum Gasteiger partial charge on any atom is 0.0167 e. The molecule has 0 aromatic rings. The molecule has 2 nitrogen and oxygen atoms in total. The molecule has 80 valence electrons. The van der Waals surface area contributed by atoms with Crippen molar-refractivity contribution in [2.24, 2.45) is 0 Å². The Bertz CT molecular complexity index is 204. The minimum Gasteiger partial charge on any atom is -0.313 e. The fourth-order valence-corrected chi connectivity index (χ4v) is 1.56. The van der Waals surface area contributed by atoms with Gasteiger partial charge in [-0.25, -0.2) is 0 Å². The van der Waals surface area contributed by atoms with Crippen molar-refractivity contribution in [3.8, 4) is 0 Å². The summed E-state index contributed by atoms with van der Waals surface area (Å²) in [7, 11) is 4.24. The van der Waals surface area contributed by atoms with Crippen LogP contribution in [0, 0.1) is 0 Å². The van der Waals surface area contributed by atoms with Crippen LogP contribution in [0.3, 0.4) is 0 Å². The Kier molecular flexibility index (Phi) is 5.57. The molecule has 2 heteroatoms. The van der Waals surface area contributed by atoms with Crippen molar-refractivity contribution in [3.05, 3.63) is 23.8 Å². The topological polar surface area (TPSA) is 15.3 Å². The van der Waals surface area contributed by atoms with Gasteiger partial charge in [0, 0.05) is 6.54 Å². The van der Waals surface area contributed by atoms with Crippen LogP contribution >= 0.6 is 0 Å². The zero-order chi connectivity index (χ0) is 10.2. The molecule has 0 aliphatic heterocycles. The molecule has 0 unspecified atom stereocenters. The first-order valence-corrected chi connectivity index (χ1v) is 5.47. The third kappa shape index (κ3) is 5.20. The van der Waals surface area contributed by atoms with E-state index in [2.05, 4.69) is 42.5 Å².